The van der Waals surface area contributed by atoms with Gasteiger partial charge in [0.05, 0.1) is 6.61 Å². The number of anilines is 1. The van der Waals surface area contributed by atoms with Gasteiger partial charge in [0.15, 0.2) is 5.78 Å². The molecular weight excluding hydrogens is 446 g/mol. The molecule has 1 aliphatic rings. The predicted molar refractivity (Wildman–Crippen MR) is 105 cm³/mol. The largest absolute Gasteiger partial charge is 0.481 e. The van der Waals surface area contributed by atoms with Crippen molar-refractivity contribution in [3.05, 3.63) is 28.2 Å². The fourth-order valence-electron chi connectivity index (χ4n) is 2.59. The molecule has 0 radical (unpaired) electrons. The first-order chi connectivity index (χ1) is 13.3. The van der Waals surface area contributed by atoms with E-state index in [0.717, 1.165) is 5.70 Å². The third kappa shape index (κ3) is 6.87. The second-order valence-electron chi connectivity index (χ2n) is 6.17. The highest BCUT2D eigenvalue weighted by Gasteiger charge is 2.35. The molecule has 2 rings (SSSR count). The van der Waals surface area contributed by atoms with Crippen molar-refractivity contribution in [2.45, 2.75) is 39.1 Å². The van der Waals surface area contributed by atoms with Crippen LogP contribution in [0.4, 0.5) is 5.82 Å². The van der Waals surface area contributed by atoms with Crippen molar-refractivity contribution in [1.29, 1.82) is 0 Å². The van der Waals surface area contributed by atoms with Crippen LogP contribution in [0.1, 0.15) is 31.7 Å². The first-order valence-corrected chi connectivity index (χ1v) is 12.2. The van der Waals surface area contributed by atoms with Crippen LogP contribution >= 0.6 is 27.4 Å². The van der Waals surface area contributed by atoms with Crippen LogP contribution < -0.4 is 5.73 Å². The van der Waals surface area contributed by atoms with E-state index >= 15 is 0 Å². The molecule has 2 atom stereocenters. The van der Waals surface area contributed by atoms with Crippen LogP contribution in [0.15, 0.2) is 16.8 Å². The maximum absolute atomic E-state index is 12.1. The molecule has 1 aliphatic heterocycles. The lowest BCUT2D eigenvalue weighted by molar-refractivity contribution is -0.118. The number of hydrogen-bond donors (Lipinski definition) is 4. The van der Waals surface area contributed by atoms with Gasteiger partial charge in [-0.25, -0.2) is 19.1 Å². The second kappa shape index (κ2) is 9.23. The summed E-state index contributed by atoms with van der Waals surface area (Å²) in [7, 11) is -10.1. The van der Waals surface area contributed by atoms with Crippen LogP contribution in [-0.2, 0) is 29.3 Å². The molecule has 162 valence electrons. The number of rotatable bonds is 9. The average molecular weight is 468 g/mol. The highest BCUT2D eigenvalue weighted by atomic mass is 32.2. The molecule has 2 unspecified atom stereocenters. The molecule has 0 aromatic carbocycles. The highest BCUT2D eigenvalue weighted by Crippen LogP contribution is 2.57. The van der Waals surface area contributed by atoms with E-state index in [9.17, 15) is 18.8 Å². The van der Waals surface area contributed by atoms with Crippen molar-refractivity contribution >= 4 is 39.0 Å². The van der Waals surface area contributed by atoms with E-state index < -0.39 is 21.0 Å². The molecule has 0 amide bonds. The van der Waals surface area contributed by atoms with Gasteiger partial charge in [-0.05, 0) is 20.8 Å². The van der Waals surface area contributed by atoms with E-state index in [1.165, 1.54) is 18.7 Å². The number of ketones is 1. The molecule has 1 aromatic heterocycles. The quantitative estimate of drug-likeness (QED) is 0.384. The minimum atomic E-state index is -5.18. The highest BCUT2D eigenvalue weighted by molar-refractivity contribution is 8.04. The van der Waals surface area contributed by atoms with Gasteiger partial charge < -0.3 is 25.3 Å². The van der Waals surface area contributed by atoms with Crippen molar-refractivity contribution in [2.24, 2.45) is 0 Å². The summed E-state index contributed by atoms with van der Waals surface area (Å²) >= 11 is 1.26. The number of aryl methyl sites for hydroxylation is 1. The van der Waals surface area contributed by atoms with Crippen molar-refractivity contribution in [2.75, 3.05) is 12.3 Å². The molecular formula is C14H22N4O8P2S. The monoisotopic (exact) mass is 468 g/mol. The average Bonchev–Trinajstić information content (AvgIpc) is 2.84. The van der Waals surface area contributed by atoms with Crippen molar-refractivity contribution in [3.63, 3.8) is 0 Å². The summed E-state index contributed by atoms with van der Waals surface area (Å²) in [5.41, 5.74) is 7.32. The number of carbonyl (C=O) groups excluding carboxylic acids is 1. The Morgan fingerprint density at radius 1 is 1.34 bits per heavy atom. The summed E-state index contributed by atoms with van der Waals surface area (Å²) in [4.78, 5) is 49.4. The normalized spacial score (nSPS) is 19.5. The molecule has 29 heavy (non-hydrogen) atoms. The molecule has 0 bridgehead atoms. The molecule has 0 fully saturated rings. The number of hydrogen-bond acceptors (Lipinski definition) is 10. The molecule has 0 saturated heterocycles. The number of phosphoric ester groups is 1. The van der Waals surface area contributed by atoms with Crippen LogP contribution in [-0.4, -0.2) is 47.3 Å². The van der Waals surface area contributed by atoms with Gasteiger partial charge in [-0.3, -0.25) is 9.32 Å². The van der Waals surface area contributed by atoms with E-state index in [1.54, 1.807) is 20.0 Å². The number of carbonyl (C=O) groups is 1. The Kier molecular flexibility index (Phi) is 7.63. The standard InChI is InChI=1S/C14H22N4O8P2S/c1-8-12(4-5-25-28(23,24)26-27(20,21)22)29-14(9(2)19)18(8)7-11-6-16-10(3)17-13(11)15/h6,14H,4-5,7H2,1-3H3,(H,23,24)(H2,15,16,17)(H2,20,21,22). The van der Waals surface area contributed by atoms with Crippen molar-refractivity contribution in [1.82, 2.24) is 14.9 Å². The van der Waals surface area contributed by atoms with Crippen LogP contribution in [0.2, 0.25) is 0 Å². The van der Waals surface area contributed by atoms with Crippen LogP contribution in [0.3, 0.4) is 0 Å². The lowest BCUT2D eigenvalue weighted by Crippen LogP contribution is -2.32. The van der Waals surface area contributed by atoms with Gasteiger partial charge in [-0.15, -0.1) is 0 Å². The van der Waals surface area contributed by atoms with Crippen molar-refractivity contribution < 1.29 is 37.4 Å². The summed E-state index contributed by atoms with van der Waals surface area (Å²) in [6.45, 7) is 4.88. The number of allylic oxidation sites excluding steroid dienone is 1. The Balaban J connectivity index is 2.11. The van der Waals surface area contributed by atoms with E-state index in [4.69, 9.17) is 15.5 Å². The topological polar surface area (TPSA) is 185 Å². The van der Waals surface area contributed by atoms with Crippen molar-refractivity contribution in [3.8, 4) is 0 Å². The van der Waals surface area contributed by atoms with Gasteiger partial charge in [0.2, 0.25) is 0 Å². The summed E-state index contributed by atoms with van der Waals surface area (Å²) in [6.07, 6.45) is 1.72. The van der Waals surface area contributed by atoms with E-state index in [-0.39, 0.29) is 18.8 Å². The van der Waals surface area contributed by atoms with Gasteiger partial charge in [0.1, 0.15) is 17.0 Å². The van der Waals surface area contributed by atoms with Crippen LogP contribution in [0, 0.1) is 6.92 Å². The van der Waals surface area contributed by atoms with Crippen LogP contribution in [0.5, 0.6) is 0 Å². The molecule has 5 N–H and O–H groups in total. The molecule has 2 heterocycles. The van der Waals surface area contributed by atoms with Gasteiger partial charge in [0.25, 0.3) is 0 Å². The number of Topliss-reactive ketones (excluding diaryl/α,β-unsaturated/α-hetero) is 1. The third-order valence-corrected chi connectivity index (χ3v) is 7.65. The smallest absolute Gasteiger partial charge is 0.383 e. The molecule has 1 aromatic rings. The van der Waals surface area contributed by atoms with Crippen LogP contribution in [0.25, 0.3) is 0 Å². The van der Waals surface area contributed by atoms with Gasteiger partial charge >= 0.3 is 15.6 Å². The summed E-state index contributed by atoms with van der Waals surface area (Å²) in [5, 5.41) is -0.530. The Labute approximate surface area is 171 Å². The van der Waals surface area contributed by atoms with E-state index in [0.29, 0.717) is 28.7 Å². The Morgan fingerprint density at radius 3 is 2.55 bits per heavy atom. The SMILES string of the molecule is CC(=O)C1SC(CCOP(=O)(O)OP(=O)(O)O)=C(C)N1Cc1cnc(C)nc1N. The van der Waals surface area contributed by atoms with Gasteiger partial charge in [-0.2, -0.15) is 4.31 Å². The zero-order valence-corrected chi connectivity index (χ0v) is 18.5. The van der Waals surface area contributed by atoms with Gasteiger partial charge in [-0.1, -0.05) is 11.8 Å². The maximum Gasteiger partial charge on any atom is 0.481 e. The first kappa shape index (κ1) is 24.0. The second-order valence-corrected chi connectivity index (χ2v) is 10.2. The van der Waals surface area contributed by atoms with Gasteiger partial charge in [0, 0.05) is 35.3 Å². The molecule has 12 nitrogen and oxygen atoms in total. The fraction of sp³-hybridized carbons (Fsp3) is 0.500. The zero-order chi connectivity index (χ0) is 22.0. The summed E-state index contributed by atoms with van der Waals surface area (Å²) < 4.78 is 30.6. The first-order valence-electron chi connectivity index (χ1n) is 8.25. The molecule has 0 spiro atoms. The van der Waals surface area contributed by atoms with E-state index in [2.05, 4.69) is 18.8 Å². The number of nitrogen functional groups attached to an aromatic ring is 1. The lowest BCUT2D eigenvalue weighted by Gasteiger charge is -2.26. The number of nitrogens with two attached hydrogens (primary N) is 1. The number of aromatic nitrogens is 2. The number of nitrogens with zero attached hydrogens (tertiary/aromatic N) is 3. The molecule has 0 aliphatic carbocycles. The maximum atomic E-state index is 12.1. The Bertz CT molecular complexity index is 921. The predicted octanol–water partition coefficient (Wildman–Crippen LogP) is 1.68. The summed E-state index contributed by atoms with van der Waals surface area (Å²) in [6, 6.07) is 0. The zero-order valence-electron chi connectivity index (χ0n) is 15.9. The van der Waals surface area contributed by atoms with E-state index in [1.807, 2.05) is 4.90 Å². The molecule has 0 saturated carbocycles. The minimum absolute atomic E-state index is 0.102. The number of phosphoric acid groups is 2. The molecule has 15 heteroatoms. The lowest BCUT2D eigenvalue weighted by atomic mass is 10.2. The third-order valence-electron chi connectivity index (χ3n) is 3.87. The minimum Gasteiger partial charge on any atom is -0.383 e. The Morgan fingerprint density at radius 2 is 2.00 bits per heavy atom. The Hall–Kier alpha value is -1.30. The summed E-state index contributed by atoms with van der Waals surface area (Å²) in [5.74, 6) is 0.737. The number of thioether (sulfide) groups is 1. The fourth-order valence-corrected chi connectivity index (χ4v) is 5.46.